The average molecular weight is 357 g/mol. The van der Waals surface area contributed by atoms with Crippen molar-refractivity contribution in [2.45, 2.75) is 50.6 Å². The molecule has 124 valence electrons. The molecule has 2 aliphatic heterocycles. The second-order valence-electron chi connectivity index (χ2n) is 6.46. The van der Waals surface area contributed by atoms with E-state index in [1.807, 2.05) is 6.08 Å². The van der Waals surface area contributed by atoms with E-state index in [9.17, 15) is 8.42 Å². The molecule has 1 spiro atoms. The highest BCUT2D eigenvalue weighted by Crippen LogP contribution is 2.43. The van der Waals surface area contributed by atoms with E-state index in [0.717, 1.165) is 0 Å². The van der Waals surface area contributed by atoms with Gasteiger partial charge < -0.3 is 10.6 Å². The maximum absolute atomic E-state index is 11.4. The van der Waals surface area contributed by atoms with Crippen LogP contribution >= 0.6 is 24.8 Å². The summed E-state index contributed by atoms with van der Waals surface area (Å²) in [6.07, 6.45) is 9.44. The van der Waals surface area contributed by atoms with Crippen LogP contribution in [0.1, 0.15) is 38.5 Å². The van der Waals surface area contributed by atoms with Gasteiger partial charge in [0.25, 0.3) is 0 Å². The summed E-state index contributed by atoms with van der Waals surface area (Å²) in [5.41, 5.74) is 0.584. The highest BCUT2D eigenvalue weighted by atomic mass is 35.5. The lowest BCUT2D eigenvalue weighted by atomic mass is 9.67. The molecule has 7 heteroatoms. The molecule has 3 aliphatic rings. The molecule has 0 aromatic carbocycles. The first-order valence-corrected chi connectivity index (χ1v) is 9.16. The molecule has 0 aromatic rings. The molecule has 0 aromatic heterocycles. The zero-order valence-corrected chi connectivity index (χ0v) is 14.7. The largest absolute Gasteiger partial charge is 0.317 e. The van der Waals surface area contributed by atoms with E-state index in [4.69, 9.17) is 0 Å². The van der Waals surface area contributed by atoms with Gasteiger partial charge in [0.15, 0.2) is 9.84 Å². The van der Waals surface area contributed by atoms with Crippen LogP contribution in [-0.4, -0.2) is 39.3 Å². The minimum atomic E-state index is -2.92. The minimum Gasteiger partial charge on any atom is -0.317 e. The predicted molar refractivity (Wildman–Crippen MR) is 91.1 cm³/mol. The van der Waals surface area contributed by atoms with Crippen molar-refractivity contribution in [2.75, 3.05) is 18.8 Å². The van der Waals surface area contributed by atoms with Gasteiger partial charge in [-0.05, 0) is 57.0 Å². The maximum Gasteiger partial charge on any atom is 0.173 e. The van der Waals surface area contributed by atoms with Crippen LogP contribution in [0.3, 0.4) is 0 Å². The molecular weight excluding hydrogens is 331 g/mol. The second-order valence-corrected chi connectivity index (χ2v) is 8.39. The zero-order valence-electron chi connectivity index (χ0n) is 12.2. The third-order valence-electron chi connectivity index (χ3n) is 5.09. The molecule has 2 N–H and O–H groups in total. The van der Waals surface area contributed by atoms with Gasteiger partial charge in [0.1, 0.15) is 0 Å². The summed E-state index contributed by atoms with van der Waals surface area (Å²) in [6, 6.07) is 0.542. The van der Waals surface area contributed by atoms with Crippen LogP contribution in [0.5, 0.6) is 0 Å². The van der Waals surface area contributed by atoms with Crippen LogP contribution in [-0.2, 0) is 9.84 Å². The Morgan fingerprint density at radius 3 is 2.19 bits per heavy atom. The summed E-state index contributed by atoms with van der Waals surface area (Å²) in [5, 5.41) is 8.32. The number of sulfone groups is 1. The molecule has 1 aliphatic carbocycles. The number of hydrogen-bond acceptors (Lipinski definition) is 4. The SMILES string of the molecule is Cl.Cl.O=S1(=O)C=CC(NC2CCC3(CCNCC3)CC2)C1. The highest BCUT2D eigenvalue weighted by molar-refractivity contribution is 7.94. The summed E-state index contributed by atoms with van der Waals surface area (Å²) in [4.78, 5) is 0. The molecule has 0 amide bonds. The normalized spacial score (nSPS) is 30.6. The Balaban J connectivity index is 0.00000110. The highest BCUT2D eigenvalue weighted by Gasteiger charge is 2.36. The van der Waals surface area contributed by atoms with E-state index in [2.05, 4.69) is 10.6 Å². The topological polar surface area (TPSA) is 58.2 Å². The molecular formula is C14H26Cl2N2O2S. The molecule has 2 fully saturated rings. The van der Waals surface area contributed by atoms with Crippen molar-refractivity contribution < 1.29 is 8.42 Å². The molecule has 1 atom stereocenters. The van der Waals surface area contributed by atoms with Crippen molar-refractivity contribution in [2.24, 2.45) is 5.41 Å². The summed E-state index contributed by atoms with van der Waals surface area (Å²) in [7, 11) is -2.92. The van der Waals surface area contributed by atoms with Crippen molar-refractivity contribution in [3.05, 3.63) is 11.5 Å². The lowest BCUT2D eigenvalue weighted by Gasteiger charge is -2.43. The quantitative estimate of drug-likeness (QED) is 0.794. The van der Waals surface area contributed by atoms with Crippen LogP contribution in [0.15, 0.2) is 11.5 Å². The van der Waals surface area contributed by atoms with Gasteiger partial charge >= 0.3 is 0 Å². The number of piperidine rings is 1. The van der Waals surface area contributed by atoms with Crippen LogP contribution in [0.4, 0.5) is 0 Å². The molecule has 3 rings (SSSR count). The van der Waals surface area contributed by atoms with Crippen molar-refractivity contribution in [3.63, 3.8) is 0 Å². The zero-order chi connectivity index (χ0) is 13.3. The standard InChI is InChI=1S/C14H24N2O2S.2ClH/c17-19(18)10-3-13(11-19)16-12-1-4-14(5-2-12)6-8-15-9-7-14;;/h3,10,12-13,15-16H,1-2,4-9,11H2;2*1H. The number of rotatable bonds is 2. The monoisotopic (exact) mass is 356 g/mol. The predicted octanol–water partition coefficient (Wildman–Crippen LogP) is 2.04. The molecule has 1 saturated heterocycles. The smallest absolute Gasteiger partial charge is 0.173 e. The van der Waals surface area contributed by atoms with Crippen LogP contribution in [0, 0.1) is 5.41 Å². The average Bonchev–Trinajstić information content (AvgIpc) is 2.73. The Hall–Kier alpha value is 0.190. The minimum absolute atomic E-state index is 0. The van der Waals surface area contributed by atoms with E-state index in [0.29, 0.717) is 11.5 Å². The van der Waals surface area contributed by atoms with Gasteiger partial charge in [0.05, 0.1) is 5.75 Å². The van der Waals surface area contributed by atoms with Crippen molar-refractivity contribution in [1.82, 2.24) is 10.6 Å². The lowest BCUT2D eigenvalue weighted by Crippen LogP contribution is -2.45. The molecule has 21 heavy (non-hydrogen) atoms. The third-order valence-corrected chi connectivity index (χ3v) is 6.49. The van der Waals surface area contributed by atoms with Gasteiger partial charge in [-0.15, -0.1) is 24.8 Å². The van der Waals surface area contributed by atoms with Crippen LogP contribution in [0.2, 0.25) is 0 Å². The molecule has 1 saturated carbocycles. The first-order chi connectivity index (χ1) is 9.07. The summed E-state index contributed by atoms with van der Waals surface area (Å²) < 4.78 is 22.8. The fourth-order valence-electron chi connectivity index (χ4n) is 3.84. The third kappa shape index (κ3) is 4.83. The molecule has 4 nitrogen and oxygen atoms in total. The first kappa shape index (κ1) is 19.2. The van der Waals surface area contributed by atoms with E-state index in [-0.39, 0.29) is 36.6 Å². The van der Waals surface area contributed by atoms with Crippen LogP contribution < -0.4 is 10.6 Å². The fraction of sp³-hybridized carbons (Fsp3) is 0.857. The van der Waals surface area contributed by atoms with E-state index in [1.165, 1.54) is 57.0 Å². The van der Waals surface area contributed by atoms with Crippen molar-refractivity contribution in [1.29, 1.82) is 0 Å². The molecule has 0 bridgehead atoms. The van der Waals surface area contributed by atoms with Crippen LogP contribution in [0.25, 0.3) is 0 Å². The van der Waals surface area contributed by atoms with Gasteiger partial charge in [0.2, 0.25) is 0 Å². The lowest BCUT2D eigenvalue weighted by molar-refractivity contribution is 0.114. The summed E-state index contributed by atoms with van der Waals surface area (Å²) in [5.74, 6) is 0.249. The summed E-state index contributed by atoms with van der Waals surface area (Å²) >= 11 is 0. The Bertz CT molecular complexity index is 452. The Kier molecular flexibility index (Phi) is 7.00. The van der Waals surface area contributed by atoms with E-state index < -0.39 is 9.84 Å². The molecule has 1 unspecified atom stereocenters. The number of halogens is 2. The van der Waals surface area contributed by atoms with Gasteiger partial charge in [-0.2, -0.15) is 0 Å². The molecule has 0 radical (unpaired) electrons. The fourth-order valence-corrected chi connectivity index (χ4v) is 5.08. The molecule has 2 heterocycles. The number of hydrogen-bond donors (Lipinski definition) is 2. The number of nitrogens with one attached hydrogen (secondary N) is 2. The Labute approximate surface area is 140 Å². The summed E-state index contributed by atoms with van der Waals surface area (Å²) in [6.45, 7) is 2.34. The van der Waals surface area contributed by atoms with Crippen molar-refractivity contribution >= 4 is 34.7 Å². The van der Waals surface area contributed by atoms with Gasteiger partial charge in [-0.3, -0.25) is 0 Å². The van der Waals surface area contributed by atoms with Gasteiger partial charge in [0, 0.05) is 17.5 Å². The Morgan fingerprint density at radius 2 is 1.67 bits per heavy atom. The maximum atomic E-state index is 11.4. The van der Waals surface area contributed by atoms with E-state index in [1.54, 1.807) is 0 Å². The van der Waals surface area contributed by atoms with Gasteiger partial charge in [-0.1, -0.05) is 6.08 Å². The van der Waals surface area contributed by atoms with E-state index >= 15 is 0 Å². The van der Waals surface area contributed by atoms with Gasteiger partial charge in [-0.25, -0.2) is 8.42 Å². The second kappa shape index (κ2) is 7.64. The van der Waals surface area contributed by atoms with Crippen molar-refractivity contribution in [3.8, 4) is 0 Å². The first-order valence-electron chi connectivity index (χ1n) is 7.45. The Morgan fingerprint density at radius 1 is 1.05 bits per heavy atom.